The highest BCUT2D eigenvalue weighted by Crippen LogP contribution is 2.08. The monoisotopic (exact) mass is 197 g/mol. The van der Waals surface area contributed by atoms with Crippen LogP contribution in [0.1, 0.15) is 31.7 Å². The van der Waals surface area contributed by atoms with Crippen LogP contribution in [0.15, 0.2) is 0 Å². The molecule has 0 aliphatic heterocycles. The molecule has 0 saturated carbocycles. The lowest BCUT2D eigenvalue weighted by atomic mass is 10.2. The zero-order valence-corrected chi connectivity index (χ0v) is 9.19. The Balaban J connectivity index is 2.65. The zero-order valence-electron chi connectivity index (χ0n) is 9.19. The second-order valence-electron chi connectivity index (χ2n) is 4.02. The molecule has 1 aromatic rings. The van der Waals surface area contributed by atoms with Crippen molar-refractivity contribution in [3.63, 3.8) is 0 Å². The number of hydrogen-bond donors (Lipinski definition) is 1. The summed E-state index contributed by atoms with van der Waals surface area (Å²) in [4.78, 5) is 0. The van der Waals surface area contributed by atoms with Crippen molar-refractivity contribution in [1.82, 2.24) is 15.0 Å². The molecular weight excluding hydrogens is 178 g/mol. The van der Waals surface area contributed by atoms with E-state index in [2.05, 4.69) is 24.2 Å². The van der Waals surface area contributed by atoms with Crippen molar-refractivity contribution in [2.45, 2.75) is 40.2 Å². The van der Waals surface area contributed by atoms with Gasteiger partial charge in [0.1, 0.15) is 0 Å². The van der Waals surface area contributed by atoms with Gasteiger partial charge in [-0.15, -0.1) is 5.10 Å². The normalized spacial score (nSPS) is 11.2. The number of aromatic nitrogens is 3. The van der Waals surface area contributed by atoms with Gasteiger partial charge in [0, 0.05) is 13.2 Å². The molecule has 1 heterocycles. The topological polar surface area (TPSA) is 50.9 Å². The van der Waals surface area contributed by atoms with Crippen molar-refractivity contribution >= 4 is 0 Å². The van der Waals surface area contributed by atoms with E-state index in [9.17, 15) is 0 Å². The fourth-order valence-electron chi connectivity index (χ4n) is 1.39. The maximum absolute atomic E-state index is 8.72. The summed E-state index contributed by atoms with van der Waals surface area (Å²) in [5, 5.41) is 16.9. The van der Waals surface area contributed by atoms with Crippen LogP contribution in [0, 0.1) is 12.8 Å². The molecule has 0 radical (unpaired) electrons. The van der Waals surface area contributed by atoms with E-state index in [0.717, 1.165) is 30.8 Å². The highest BCUT2D eigenvalue weighted by atomic mass is 16.2. The largest absolute Gasteiger partial charge is 0.396 e. The lowest BCUT2D eigenvalue weighted by molar-refractivity contribution is 0.288. The molecule has 1 rings (SSSR count). The maximum Gasteiger partial charge on any atom is 0.0857 e. The van der Waals surface area contributed by atoms with Gasteiger partial charge in [-0.25, -0.2) is 4.68 Å². The van der Waals surface area contributed by atoms with Gasteiger partial charge >= 0.3 is 0 Å². The molecule has 0 unspecified atom stereocenters. The standard InChI is InChI=1S/C10H19N3O/c1-8(2)7-13-9(3)10(11-12-13)5-4-6-14/h8,14H,4-7H2,1-3H3. The average Bonchev–Trinajstić information content (AvgIpc) is 2.45. The average molecular weight is 197 g/mol. The van der Waals surface area contributed by atoms with E-state index in [1.807, 2.05) is 11.6 Å². The third-order valence-corrected chi connectivity index (χ3v) is 2.19. The Morgan fingerprint density at radius 1 is 1.43 bits per heavy atom. The number of hydrogen-bond acceptors (Lipinski definition) is 3. The van der Waals surface area contributed by atoms with Crippen LogP contribution >= 0.6 is 0 Å². The summed E-state index contributed by atoms with van der Waals surface area (Å²) in [5.41, 5.74) is 2.15. The van der Waals surface area contributed by atoms with Crippen LogP contribution in [0.2, 0.25) is 0 Å². The molecule has 4 nitrogen and oxygen atoms in total. The van der Waals surface area contributed by atoms with Gasteiger partial charge in [-0.05, 0) is 25.7 Å². The van der Waals surface area contributed by atoms with Crippen molar-refractivity contribution in [2.75, 3.05) is 6.61 Å². The van der Waals surface area contributed by atoms with E-state index in [1.165, 1.54) is 0 Å². The van der Waals surface area contributed by atoms with Crippen LogP contribution in [0.3, 0.4) is 0 Å². The molecule has 0 bridgehead atoms. The van der Waals surface area contributed by atoms with Gasteiger partial charge in [-0.2, -0.15) is 0 Å². The van der Waals surface area contributed by atoms with Gasteiger partial charge in [-0.3, -0.25) is 0 Å². The van der Waals surface area contributed by atoms with Crippen molar-refractivity contribution < 1.29 is 5.11 Å². The summed E-state index contributed by atoms with van der Waals surface area (Å²) >= 11 is 0. The predicted molar refractivity (Wildman–Crippen MR) is 55.0 cm³/mol. The lowest BCUT2D eigenvalue weighted by Gasteiger charge is -2.05. The van der Waals surface area contributed by atoms with E-state index in [1.54, 1.807) is 0 Å². The number of rotatable bonds is 5. The Morgan fingerprint density at radius 2 is 2.14 bits per heavy atom. The van der Waals surface area contributed by atoms with Gasteiger partial charge in [0.2, 0.25) is 0 Å². The number of aryl methyl sites for hydroxylation is 1. The van der Waals surface area contributed by atoms with E-state index in [0.29, 0.717) is 5.92 Å². The third-order valence-electron chi connectivity index (χ3n) is 2.19. The van der Waals surface area contributed by atoms with E-state index in [-0.39, 0.29) is 6.61 Å². The summed E-state index contributed by atoms with van der Waals surface area (Å²) in [6.07, 6.45) is 1.58. The summed E-state index contributed by atoms with van der Waals surface area (Å²) in [6.45, 7) is 7.49. The molecule has 0 aliphatic rings. The van der Waals surface area contributed by atoms with Gasteiger partial charge in [-0.1, -0.05) is 19.1 Å². The SMILES string of the molecule is Cc1c(CCCO)nnn1CC(C)C. The quantitative estimate of drug-likeness (QED) is 0.770. The number of aliphatic hydroxyl groups excluding tert-OH is 1. The van der Waals surface area contributed by atoms with Gasteiger partial charge in [0.25, 0.3) is 0 Å². The molecule has 1 N–H and O–H groups in total. The molecule has 0 aliphatic carbocycles. The molecule has 0 saturated heterocycles. The molecule has 0 atom stereocenters. The van der Waals surface area contributed by atoms with Crippen LogP contribution < -0.4 is 0 Å². The molecule has 80 valence electrons. The van der Waals surface area contributed by atoms with Crippen molar-refractivity contribution in [2.24, 2.45) is 5.92 Å². The number of nitrogens with zero attached hydrogens (tertiary/aromatic N) is 3. The zero-order chi connectivity index (χ0) is 10.6. The first-order chi connectivity index (χ1) is 6.65. The second kappa shape index (κ2) is 5.10. The molecule has 0 aromatic carbocycles. The fourth-order valence-corrected chi connectivity index (χ4v) is 1.39. The Labute approximate surface area is 84.9 Å². The molecular formula is C10H19N3O. The van der Waals surface area contributed by atoms with Crippen LogP contribution in [0.25, 0.3) is 0 Å². The summed E-state index contributed by atoms with van der Waals surface area (Å²) in [5.74, 6) is 0.584. The first kappa shape index (κ1) is 11.2. The molecule has 1 aromatic heterocycles. The highest BCUT2D eigenvalue weighted by molar-refractivity contribution is 5.07. The minimum atomic E-state index is 0.219. The van der Waals surface area contributed by atoms with Crippen LogP contribution in [0.4, 0.5) is 0 Å². The van der Waals surface area contributed by atoms with Crippen molar-refractivity contribution in [3.05, 3.63) is 11.4 Å². The lowest BCUT2D eigenvalue weighted by Crippen LogP contribution is -2.08. The first-order valence-electron chi connectivity index (χ1n) is 5.15. The smallest absolute Gasteiger partial charge is 0.0857 e. The van der Waals surface area contributed by atoms with Crippen molar-refractivity contribution in [3.8, 4) is 0 Å². The Morgan fingerprint density at radius 3 is 2.71 bits per heavy atom. The Hall–Kier alpha value is -0.900. The summed E-state index contributed by atoms with van der Waals surface area (Å²) < 4.78 is 1.94. The van der Waals surface area contributed by atoms with Gasteiger partial charge < -0.3 is 5.11 Å². The predicted octanol–water partition coefficient (Wildman–Crippen LogP) is 1.17. The minimum absolute atomic E-state index is 0.219. The third kappa shape index (κ3) is 2.80. The molecule has 4 heteroatoms. The van der Waals surface area contributed by atoms with Gasteiger partial charge in [0.05, 0.1) is 11.4 Å². The molecule has 0 amide bonds. The molecule has 0 spiro atoms. The van der Waals surface area contributed by atoms with Crippen LogP contribution in [0.5, 0.6) is 0 Å². The second-order valence-corrected chi connectivity index (χ2v) is 4.02. The van der Waals surface area contributed by atoms with Gasteiger partial charge in [0.15, 0.2) is 0 Å². The Kier molecular flexibility index (Phi) is 4.07. The minimum Gasteiger partial charge on any atom is -0.396 e. The maximum atomic E-state index is 8.72. The Bertz CT molecular complexity index is 281. The van der Waals surface area contributed by atoms with E-state index >= 15 is 0 Å². The van der Waals surface area contributed by atoms with Crippen molar-refractivity contribution in [1.29, 1.82) is 0 Å². The molecule has 0 fully saturated rings. The van der Waals surface area contributed by atoms with E-state index < -0.39 is 0 Å². The summed E-state index contributed by atoms with van der Waals surface area (Å²) in [7, 11) is 0. The highest BCUT2D eigenvalue weighted by Gasteiger charge is 2.08. The van der Waals surface area contributed by atoms with Crippen LogP contribution in [-0.4, -0.2) is 26.7 Å². The first-order valence-corrected chi connectivity index (χ1v) is 5.15. The fraction of sp³-hybridized carbons (Fsp3) is 0.800. The van der Waals surface area contributed by atoms with Crippen LogP contribution in [-0.2, 0) is 13.0 Å². The molecule has 14 heavy (non-hydrogen) atoms. The summed E-state index contributed by atoms with van der Waals surface area (Å²) in [6, 6.07) is 0. The van der Waals surface area contributed by atoms with E-state index in [4.69, 9.17) is 5.11 Å². The number of aliphatic hydroxyl groups is 1.